The Morgan fingerprint density at radius 1 is 1.00 bits per heavy atom. The quantitative estimate of drug-likeness (QED) is 0.301. The number of fused-ring (bicyclic) bond motifs is 1. The number of benzene rings is 1. The third-order valence-electron chi connectivity index (χ3n) is 6.76. The van der Waals surface area contributed by atoms with E-state index >= 15 is 0 Å². The molecular formula is C27H28F3N5O3S. The zero-order chi connectivity index (χ0) is 28.2. The third kappa shape index (κ3) is 5.33. The maximum absolute atomic E-state index is 13.2. The Bertz CT molecular complexity index is 1550. The van der Waals surface area contributed by atoms with E-state index in [2.05, 4.69) is 14.8 Å². The van der Waals surface area contributed by atoms with Gasteiger partial charge in [-0.15, -0.1) is 0 Å². The molecule has 5 rings (SSSR count). The van der Waals surface area contributed by atoms with Crippen LogP contribution in [0.3, 0.4) is 0 Å². The maximum Gasteiger partial charge on any atom is 0.433 e. The molecule has 1 saturated carbocycles. The van der Waals surface area contributed by atoms with Crippen LogP contribution >= 0.6 is 0 Å². The summed E-state index contributed by atoms with van der Waals surface area (Å²) >= 11 is 0. The van der Waals surface area contributed by atoms with Crippen molar-refractivity contribution in [2.45, 2.75) is 56.4 Å². The molecule has 0 aliphatic heterocycles. The highest BCUT2D eigenvalue weighted by Crippen LogP contribution is 2.42. The minimum atomic E-state index is -4.59. The Morgan fingerprint density at radius 2 is 1.69 bits per heavy atom. The van der Waals surface area contributed by atoms with Gasteiger partial charge in [0.25, 0.3) is 0 Å². The molecule has 12 heteroatoms. The summed E-state index contributed by atoms with van der Waals surface area (Å²) < 4.78 is 56.2. The number of hydrogen-bond acceptors (Lipinski definition) is 6. The molecule has 0 saturated heterocycles. The minimum absolute atomic E-state index is 0.0189. The average molecular weight is 560 g/mol. The molecule has 1 aromatic carbocycles. The van der Waals surface area contributed by atoms with Crippen LogP contribution in [0.25, 0.3) is 28.0 Å². The average Bonchev–Trinajstić information content (AvgIpc) is 3.29. The standard InChI is InChI=1S/C27H28F3N5O3S/c1-25(2,3)39(38)34-26(37,18-13-19(36)14-18)22-7-4-6-20(32-22)16-10-11-17-15-31-35(21(17)12-16)24-9-5-8-23(33-24)27(28,29)30/h4-12,15,18-19,34,36-37H,13-14H2,1-3H3/t18?,19?,26-,39-/m0/s1. The van der Waals surface area contributed by atoms with Crippen LogP contribution in [0.5, 0.6) is 0 Å². The van der Waals surface area contributed by atoms with E-state index in [1.807, 2.05) is 0 Å². The molecule has 4 aromatic rings. The van der Waals surface area contributed by atoms with E-state index in [4.69, 9.17) is 4.98 Å². The molecule has 0 spiro atoms. The molecule has 3 aromatic heterocycles. The molecule has 1 aliphatic carbocycles. The first kappa shape index (κ1) is 27.4. The first-order chi connectivity index (χ1) is 18.3. The van der Waals surface area contributed by atoms with Crippen molar-refractivity contribution in [2.75, 3.05) is 0 Å². The molecule has 2 atom stereocenters. The fraction of sp³-hybridized carbons (Fsp3) is 0.370. The highest BCUT2D eigenvalue weighted by molar-refractivity contribution is 7.84. The smallest absolute Gasteiger partial charge is 0.393 e. The Balaban J connectivity index is 1.55. The van der Waals surface area contributed by atoms with Crippen molar-refractivity contribution in [3.8, 4) is 17.1 Å². The van der Waals surface area contributed by atoms with Gasteiger partial charge in [0.05, 0.1) is 44.9 Å². The van der Waals surface area contributed by atoms with Crippen LogP contribution in [0.1, 0.15) is 45.0 Å². The van der Waals surface area contributed by atoms with Gasteiger partial charge in [0.15, 0.2) is 11.5 Å². The number of aliphatic hydroxyl groups excluding tert-OH is 1. The van der Waals surface area contributed by atoms with E-state index < -0.39 is 45.3 Å². The Morgan fingerprint density at radius 3 is 2.36 bits per heavy atom. The van der Waals surface area contributed by atoms with Crippen molar-refractivity contribution >= 4 is 21.9 Å². The summed E-state index contributed by atoms with van der Waals surface area (Å²) in [6.45, 7) is 5.36. The second kappa shape index (κ2) is 9.77. The van der Waals surface area contributed by atoms with Gasteiger partial charge in [0.1, 0.15) is 5.69 Å². The van der Waals surface area contributed by atoms with Gasteiger partial charge in [-0.1, -0.05) is 24.3 Å². The summed E-state index contributed by atoms with van der Waals surface area (Å²) in [7, 11) is -1.62. The molecule has 8 nitrogen and oxygen atoms in total. The normalized spacial score (nSPS) is 20.4. The first-order valence-corrected chi connectivity index (χ1v) is 13.5. The fourth-order valence-electron chi connectivity index (χ4n) is 4.44. The number of rotatable bonds is 6. The number of hydrogen-bond donors (Lipinski definition) is 3. The lowest BCUT2D eigenvalue weighted by atomic mass is 9.74. The van der Waals surface area contributed by atoms with Gasteiger partial charge in [-0.05, 0) is 63.9 Å². The number of pyridine rings is 2. The molecule has 3 N–H and O–H groups in total. The summed E-state index contributed by atoms with van der Waals surface area (Å²) in [5, 5.41) is 26.6. The van der Waals surface area contributed by atoms with Crippen molar-refractivity contribution in [3.05, 3.63) is 72.2 Å². The van der Waals surface area contributed by atoms with Gasteiger partial charge in [-0.25, -0.2) is 23.6 Å². The number of halogens is 3. The van der Waals surface area contributed by atoms with Gasteiger partial charge in [0.2, 0.25) is 0 Å². The van der Waals surface area contributed by atoms with Crippen molar-refractivity contribution in [1.29, 1.82) is 0 Å². The van der Waals surface area contributed by atoms with Crippen LogP contribution in [0.4, 0.5) is 13.2 Å². The lowest BCUT2D eigenvalue weighted by Crippen LogP contribution is -2.57. The molecule has 206 valence electrons. The van der Waals surface area contributed by atoms with E-state index in [1.54, 1.807) is 57.2 Å². The van der Waals surface area contributed by atoms with Crippen LogP contribution < -0.4 is 4.72 Å². The zero-order valence-corrected chi connectivity index (χ0v) is 22.3. The maximum atomic E-state index is 13.2. The van der Waals surface area contributed by atoms with Crippen LogP contribution in [0.15, 0.2) is 60.8 Å². The lowest BCUT2D eigenvalue weighted by molar-refractivity contribution is -0.141. The summed E-state index contributed by atoms with van der Waals surface area (Å²) in [5.74, 6) is -0.386. The van der Waals surface area contributed by atoms with Crippen LogP contribution in [-0.2, 0) is 22.9 Å². The Kier molecular flexibility index (Phi) is 6.86. The number of nitrogens with one attached hydrogen (secondary N) is 1. The van der Waals surface area contributed by atoms with E-state index in [0.29, 0.717) is 35.0 Å². The molecule has 39 heavy (non-hydrogen) atoms. The predicted octanol–water partition coefficient (Wildman–Crippen LogP) is 4.47. The van der Waals surface area contributed by atoms with Crippen molar-refractivity contribution < 1.29 is 27.6 Å². The van der Waals surface area contributed by atoms with Crippen molar-refractivity contribution in [3.63, 3.8) is 0 Å². The van der Waals surface area contributed by atoms with Crippen LogP contribution in [0.2, 0.25) is 0 Å². The van der Waals surface area contributed by atoms with Crippen LogP contribution in [-0.4, -0.2) is 45.0 Å². The molecule has 0 amide bonds. The van der Waals surface area contributed by atoms with E-state index in [9.17, 15) is 27.6 Å². The SMILES string of the molecule is CC(C)(C)[S@](=O)N[C@@](O)(c1cccc(-c2ccc3cnn(-c4cccc(C(F)(F)F)n4)c3c2)n1)C1CC(O)C1. The van der Waals surface area contributed by atoms with E-state index in [1.165, 1.54) is 23.0 Å². The molecule has 0 bridgehead atoms. The number of aromatic nitrogens is 4. The predicted molar refractivity (Wildman–Crippen MR) is 141 cm³/mol. The lowest BCUT2D eigenvalue weighted by Gasteiger charge is -2.44. The zero-order valence-electron chi connectivity index (χ0n) is 21.5. The molecule has 0 unspecified atom stereocenters. The summed E-state index contributed by atoms with van der Waals surface area (Å²) in [5.41, 5.74) is -0.874. The molecule has 3 heterocycles. The Hall–Kier alpha value is -3.19. The highest BCUT2D eigenvalue weighted by Gasteiger charge is 2.48. The van der Waals surface area contributed by atoms with Gasteiger partial charge >= 0.3 is 6.18 Å². The third-order valence-corrected chi connectivity index (χ3v) is 8.37. The Labute approximate surface area is 225 Å². The van der Waals surface area contributed by atoms with E-state index in [0.717, 1.165) is 6.07 Å². The van der Waals surface area contributed by atoms with Gasteiger partial charge < -0.3 is 10.2 Å². The van der Waals surface area contributed by atoms with Crippen molar-refractivity contribution in [1.82, 2.24) is 24.5 Å². The fourth-order valence-corrected chi connectivity index (χ4v) is 5.30. The second-order valence-corrected chi connectivity index (χ2v) is 12.7. The number of aliphatic hydroxyl groups is 2. The number of alkyl halides is 3. The molecule has 0 radical (unpaired) electrons. The molecule has 1 fully saturated rings. The summed E-state index contributed by atoms with van der Waals surface area (Å²) in [6, 6.07) is 14.0. The summed E-state index contributed by atoms with van der Waals surface area (Å²) in [6.07, 6.45) is -2.96. The monoisotopic (exact) mass is 559 g/mol. The van der Waals surface area contributed by atoms with E-state index in [-0.39, 0.29) is 11.5 Å². The van der Waals surface area contributed by atoms with Gasteiger partial charge in [-0.2, -0.15) is 18.3 Å². The second-order valence-electron chi connectivity index (χ2n) is 10.7. The molecule has 1 aliphatic rings. The largest absolute Gasteiger partial charge is 0.433 e. The summed E-state index contributed by atoms with van der Waals surface area (Å²) in [4.78, 5) is 8.44. The highest BCUT2D eigenvalue weighted by atomic mass is 32.2. The molecular weight excluding hydrogens is 531 g/mol. The van der Waals surface area contributed by atoms with Crippen molar-refractivity contribution in [2.24, 2.45) is 5.92 Å². The minimum Gasteiger partial charge on any atom is -0.393 e. The topological polar surface area (TPSA) is 113 Å². The van der Waals surface area contributed by atoms with Gasteiger partial charge in [-0.3, -0.25) is 0 Å². The van der Waals surface area contributed by atoms with Crippen LogP contribution in [0, 0.1) is 5.92 Å². The number of nitrogens with zero attached hydrogens (tertiary/aromatic N) is 4. The first-order valence-electron chi connectivity index (χ1n) is 12.4. The van der Waals surface area contributed by atoms with Gasteiger partial charge in [0, 0.05) is 16.9 Å².